The Labute approximate surface area is 173 Å². The molecule has 0 unspecified atom stereocenters. The minimum absolute atomic E-state index is 0.102. The average molecular weight is 394 g/mol. The van der Waals surface area contributed by atoms with E-state index >= 15 is 0 Å². The first kappa shape index (κ1) is 21.2. The number of rotatable bonds is 7. The van der Waals surface area contributed by atoms with Gasteiger partial charge in [0.15, 0.2) is 5.78 Å². The number of ketones is 1. The molecule has 29 heavy (non-hydrogen) atoms. The molecule has 0 saturated carbocycles. The Morgan fingerprint density at radius 3 is 2.34 bits per heavy atom. The highest BCUT2D eigenvalue weighted by atomic mass is 16.2. The minimum Gasteiger partial charge on any atom is -0.352 e. The summed E-state index contributed by atoms with van der Waals surface area (Å²) in [5.41, 5.74) is 3.50. The van der Waals surface area contributed by atoms with Crippen molar-refractivity contribution in [2.24, 2.45) is 0 Å². The van der Waals surface area contributed by atoms with Crippen LogP contribution in [0.15, 0.2) is 42.5 Å². The van der Waals surface area contributed by atoms with Crippen LogP contribution in [0, 0.1) is 13.8 Å². The fourth-order valence-electron chi connectivity index (χ4n) is 3.68. The molecule has 5 heteroatoms. The maximum atomic E-state index is 13.1. The lowest BCUT2D eigenvalue weighted by molar-refractivity contribution is 0.0938. The van der Waals surface area contributed by atoms with Gasteiger partial charge in [0.05, 0.1) is 5.56 Å². The van der Waals surface area contributed by atoms with E-state index in [-0.39, 0.29) is 11.7 Å². The molecule has 2 aromatic carbocycles. The molecule has 3 rings (SSSR count). The number of nitrogens with zero attached hydrogens (tertiary/aromatic N) is 2. The topological polar surface area (TPSA) is 52.7 Å². The third-order valence-electron chi connectivity index (χ3n) is 5.59. The van der Waals surface area contributed by atoms with E-state index in [2.05, 4.69) is 22.2 Å². The van der Waals surface area contributed by atoms with Gasteiger partial charge in [-0.2, -0.15) is 0 Å². The maximum absolute atomic E-state index is 13.1. The Bertz CT molecular complexity index is 870. The van der Waals surface area contributed by atoms with Gasteiger partial charge in [-0.3, -0.25) is 9.59 Å². The van der Waals surface area contributed by atoms with Crippen LogP contribution in [-0.4, -0.2) is 67.8 Å². The summed E-state index contributed by atoms with van der Waals surface area (Å²) >= 11 is 0. The van der Waals surface area contributed by atoms with Crippen LogP contribution in [0.5, 0.6) is 0 Å². The Balaban J connectivity index is 1.61. The largest absolute Gasteiger partial charge is 0.352 e. The van der Waals surface area contributed by atoms with E-state index in [4.69, 9.17) is 0 Å². The number of benzene rings is 2. The molecule has 2 aromatic rings. The third-order valence-corrected chi connectivity index (χ3v) is 5.59. The van der Waals surface area contributed by atoms with Crippen molar-refractivity contribution >= 4 is 11.7 Å². The van der Waals surface area contributed by atoms with E-state index in [1.807, 2.05) is 38.1 Å². The molecule has 1 aliphatic rings. The zero-order chi connectivity index (χ0) is 20.8. The lowest BCUT2D eigenvalue weighted by Gasteiger charge is -2.32. The molecular weight excluding hydrogens is 362 g/mol. The normalized spacial score (nSPS) is 15.3. The van der Waals surface area contributed by atoms with Crippen molar-refractivity contribution in [1.29, 1.82) is 0 Å². The predicted molar refractivity (Wildman–Crippen MR) is 117 cm³/mol. The van der Waals surface area contributed by atoms with Gasteiger partial charge in [-0.05, 0) is 51.6 Å². The molecule has 1 fully saturated rings. The summed E-state index contributed by atoms with van der Waals surface area (Å²) in [5.74, 6) is -0.285. The second-order valence-corrected chi connectivity index (χ2v) is 7.95. The molecular formula is C24H31N3O2. The molecule has 1 saturated heterocycles. The quantitative estimate of drug-likeness (QED) is 0.581. The standard InChI is InChI=1S/C24H31N3O2/c1-18-9-10-19(2)22(17-18)23(28)20-7-4-5-8-21(20)24(29)25-11-6-12-27-15-13-26(3)14-16-27/h4-5,7-10,17H,6,11-16H2,1-3H3,(H,25,29). The first-order chi connectivity index (χ1) is 14.0. The van der Waals surface area contributed by atoms with Crippen LogP contribution >= 0.6 is 0 Å². The van der Waals surface area contributed by atoms with Gasteiger partial charge in [-0.25, -0.2) is 0 Å². The number of likely N-dealkylation sites (N-methyl/N-ethyl adjacent to an activating group) is 1. The SMILES string of the molecule is Cc1ccc(C)c(C(=O)c2ccccc2C(=O)NCCCN2CCN(C)CC2)c1. The number of hydrogen-bond donors (Lipinski definition) is 1. The van der Waals surface area contributed by atoms with Crippen molar-refractivity contribution in [1.82, 2.24) is 15.1 Å². The monoisotopic (exact) mass is 393 g/mol. The lowest BCUT2D eigenvalue weighted by atomic mass is 9.94. The number of carbonyl (C=O) groups excluding carboxylic acids is 2. The van der Waals surface area contributed by atoms with Gasteiger partial charge in [-0.15, -0.1) is 0 Å². The van der Waals surface area contributed by atoms with Crippen LogP contribution in [0.3, 0.4) is 0 Å². The van der Waals surface area contributed by atoms with Gasteiger partial charge in [0.1, 0.15) is 0 Å². The van der Waals surface area contributed by atoms with E-state index in [1.54, 1.807) is 18.2 Å². The van der Waals surface area contributed by atoms with E-state index in [9.17, 15) is 9.59 Å². The molecule has 0 radical (unpaired) electrons. The van der Waals surface area contributed by atoms with Crippen molar-refractivity contribution in [3.8, 4) is 0 Å². The Kier molecular flexibility index (Phi) is 7.18. The van der Waals surface area contributed by atoms with Crippen LogP contribution < -0.4 is 5.32 Å². The summed E-state index contributed by atoms with van der Waals surface area (Å²) < 4.78 is 0. The highest BCUT2D eigenvalue weighted by Gasteiger charge is 2.19. The summed E-state index contributed by atoms with van der Waals surface area (Å²) in [6.45, 7) is 9.84. The number of hydrogen-bond acceptors (Lipinski definition) is 4. The number of aryl methyl sites for hydroxylation is 2. The van der Waals surface area contributed by atoms with Crippen molar-refractivity contribution in [2.75, 3.05) is 46.3 Å². The average Bonchev–Trinajstić information content (AvgIpc) is 2.73. The fourth-order valence-corrected chi connectivity index (χ4v) is 3.68. The third kappa shape index (κ3) is 5.52. The second-order valence-electron chi connectivity index (χ2n) is 7.95. The Morgan fingerprint density at radius 1 is 0.931 bits per heavy atom. The van der Waals surface area contributed by atoms with Gasteiger partial charge in [0.2, 0.25) is 0 Å². The Hall–Kier alpha value is -2.50. The molecule has 0 atom stereocenters. The van der Waals surface area contributed by atoms with Crippen molar-refractivity contribution in [3.05, 3.63) is 70.3 Å². The fraction of sp³-hybridized carbons (Fsp3) is 0.417. The summed E-state index contributed by atoms with van der Waals surface area (Å²) in [4.78, 5) is 30.7. The molecule has 1 amide bonds. The number of piperazine rings is 1. The zero-order valence-corrected chi connectivity index (χ0v) is 17.7. The molecule has 1 N–H and O–H groups in total. The molecule has 5 nitrogen and oxygen atoms in total. The van der Waals surface area contributed by atoms with Crippen LogP contribution in [0.2, 0.25) is 0 Å². The number of nitrogens with one attached hydrogen (secondary N) is 1. The second kappa shape index (κ2) is 9.81. The maximum Gasteiger partial charge on any atom is 0.252 e. The predicted octanol–water partition coefficient (Wildman–Crippen LogP) is 2.90. The first-order valence-corrected chi connectivity index (χ1v) is 10.4. The van der Waals surface area contributed by atoms with Crippen LogP contribution in [0.4, 0.5) is 0 Å². The van der Waals surface area contributed by atoms with E-state index < -0.39 is 0 Å². The van der Waals surface area contributed by atoms with Crippen molar-refractivity contribution in [3.63, 3.8) is 0 Å². The summed E-state index contributed by atoms with van der Waals surface area (Å²) in [6.07, 6.45) is 0.905. The lowest BCUT2D eigenvalue weighted by Crippen LogP contribution is -2.45. The van der Waals surface area contributed by atoms with Crippen LogP contribution in [-0.2, 0) is 0 Å². The van der Waals surface area contributed by atoms with Crippen LogP contribution in [0.25, 0.3) is 0 Å². The van der Waals surface area contributed by atoms with Gasteiger partial charge in [-0.1, -0.05) is 35.9 Å². The minimum atomic E-state index is -0.183. The summed E-state index contributed by atoms with van der Waals surface area (Å²) in [5, 5.41) is 2.99. The number of carbonyl (C=O) groups is 2. The molecule has 0 aromatic heterocycles. The summed E-state index contributed by atoms with van der Waals surface area (Å²) in [7, 11) is 2.15. The number of amides is 1. The molecule has 154 valence electrons. The highest BCUT2D eigenvalue weighted by molar-refractivity contribution is 6.15. The van der Waals surface area contributed by atoms with Crippen molar-refractivity contribution in [2.45, 2.75) is 20.3 Å². The smallest absolute Gasteiger partial charge is 0.252 e. The van der Waals surface area contributed by atoms with E-state index in [1.165, 1.54) is 0 Å². The molecule has 0 bridgehead atoms. The van der Waals surface area contributed by atoms with E-state index in [0.717, 1.165) is 50.3 Å². The van der Waals surface area contributed by atoms with Gasteiger partial charge < -0.3 is 15.1 Å². The Morgan fingerprint density at radius 2 is 1.62 bits per heavy atom. The van der Waals surface area contributed by atoms with E-state index in [0.29, 0.717) is 23.2 Å². The van der Waals surface area contributed by atoms with Gasteiger partial charge in [0.25, 0.3) is 5.91 Å². The van der Waals surface area contributed by atoms with Crippen molar-refractivity contribution < 1.29 is 9.59 Å². The molecule has 0 aliphatic carbocycles. The zero-order valence-electron chi connectivity index (χ0n) is 17.7. The molecule has 1 aliphatic heterocycles. The summed E-state index contributed by atoms with van der Waals surface area (Å²) in [6, 6.07) is 12.9. The van der Waals surface area contributed by atoms with Gasteiger partial charge >= 0.3 is 0 Å². The molecule has 1 heterocycles. The first-order valence-electron chi connectivity index (χ1n) is 10.4. The van der Waals surface area contributed by atoms with Crippen LogP contribution in [0.1, 0.15) is 43.8 Å². The van der Waals surface area contributed by atoms with Gasteiger partial charge in [0, 0.05) is 43.9 Å². The highest BCUT2D eigenvalue weighted by Crippen LogP contribution is 2.19. The molecule has 0 spiro atoms.